The van der Waals surface area contributed by atoms with Gasteiger partial charge in [-0.05, 0) is 11.6 Å². The Balaban J connectivity index is 1.86. The maximum atomic E-state index is 6.19. The minimum atomic E-state index is 0.182. The van der Waals surface area contributed by atoms with Crippen LogP contribution in [0.4, 0.5) is 5.82 Å². The number of fused-ring (bicyclic) bond motifs is 1. The molecule has 4 aromatic rings. The molecule has 2 N–H and O–H groups in total. The van der Waals surface area contributed by atoms with Crippen LogP contribution in [-0.2, 0) is 11.3 Å². The van der Waals surface area contributed by atoms with E-state index in [0.29, 0.717) is 42.5 Å². The summed E-state index contributed by atoms with van der Waals surface area (Å²) in [5, 5.41) is 0. The van der Waals surface area contributed by atoms with Crippen molar-refractivity contribution in [2.45, 2.75) is 6.54 Å². The number of aromatic nitrogens is 5. The Labute approximate surface area is 173 Å². The molecule has 0 aliphatic heterocycles. The Bertz CT molecular complexity index is 1150. The lowest BCUT2D eigenvalue weighted by atomic mass is 10.2. The maximum Gasteiger partial charge on any atom is 0.320 e. The molecule has 9 nitrogen and oxygen atoms in total. The number of anilines is 1. The van der Waals surface area contributed by atoms with Gasteiger partial charge in [-0.25, -0.2) is 4.98 Å². The van der Waals surface area contributed by atoms with Gasteiger partial charge in [0.1, 0.15) is 18.2 Å². The van der Waals surface area contributed by atoms with Gasteiger partial charge in [-0.1, -0.05) is 30.3 Å². The summed E-state index contributed by atoms with van der Waals surface area (Å²) in [6, 6.07) is 12.1. The molecule has 0 saturated heterocycles. The van der Waals surface area contributed by atoms with Gasteiger partial charge < -0.3 is 24.5 Å². The van der Waals surface area contributed by atoms with Crippen molar-refractivity contribution in [2.24, 2.45) is 0 Å². The third-order valence-electron chi connectivity index (χ3n) is 4.51. The van der Waals surface area contributed by atoms with E-state index in [1.807, 2.05) is 41.0 Å². The van der Waals surface area contributed by atoms with Gasteiger partial charge in [0, 0.05) is 18.9 Å². The molecule has 0 spiro atoms. The number of imidazole rings is 1. The molecule has 0 radical (unpaired) electrons. The first-order valence-corrected chi connectivity index (χ1v) is 9.38. The van der Waals surface area contributed by atoms with Crippen molar-refractivity contribution in [3.05, 3.63) is 54.4 Å². The Morgan fingerprint density at radius 2 is 1.83 bits per heavy atom. The lowest BCUT2D eigenvalue weighted by molar-refractivity contribution is 0.141. The molecule has 9 heteroatoms. The molecule has 30 heavy (non-hydrogen) atoms. The molecule has 0 aliphatic carbocycles. The van der Waals surface area contributed by atoms with E-state index in [1.165, 1.54) is 0 Å². The van der Waals surface area contributed by atoms with Gasteiger partial charge in [-0.15, -0.1) is 0 Å². The van der Waals surface area contributed by atoms with Crippen LogP contribution in [0.1, 0.15) is 5.56 Å². The molecule has 0 aliphatic rings. The van der Waals surface area contributed by atoms with Gasteiger partial charge in [-0.2, -0.15) is 9.97 Å². The standard InChI is InChI=1S/C21H22N6O3/c1-28-8-9-30-21-25-18(22)17-20(26-21)27(13-14-6-4-3-5-7-14)19(24-17)15-10-16(29-2)12-23-11-15/h3-7,10-12H,8-9,13H2,1-2H3,(H2,22,25,26). The number of pyridine rings is 1. The fraction of sp³-hybridized carbons (Fsp3) is 0.238. The summed E-state index contributed by atoms with van der Waals surface area (Å²) in [4.78, 5) is 17.8. The van der Waals surface area contributed by atoms with E-state index in [0.717, 1.165) is 11.1 Å². The van der Waals surface area contributed by atoms with E-state index in [2.05, 4.69) is 15.0 Å². The molecule has 0 amide bonds. The molecule has 1 aromatic carbocycles. The molecular formula is C21H22N6O3. The molecule has 0 saturated carbocycles. The third kappa shape index (κ3) is 4.01. The van der Waals surface area contributed by atoms with Crippen molar-refractivity contribution in [1.82, 2.24) is 24.5 Å². The molecule has 3 heterocycles. The molecule has 0 fully saturated rings. The Morgan fingerprint density at radius 3 is 2.60 bits per heavy atom. The zero-order valence-electron chi connectivity index (χ0n) is 16.8. The van der Waals surface area contributed by atoms with Gasteiger partial charge in [0.2, 0.25) is 0 Å². The number of nitrogen functional groups attached to an aromatic ring is 1. The van der Waals surface area contributed by atoms with Crippen molar-refractivity contribution in [3.63, 3.8) is 0 Å². The van der Waals surface area contributed by atoms with Crippen LogP contribution in [0.3, 0.4) is 0 Å². The number of methoxy groups -OCH3 is 2. The van der Waals surface area contributed by atoms with Crippen LogP contribution in [0.2, 0.25) is 0 Å². The van der Waals surface area contributed by atoms with E-state index in [-0.39, 0.29) is 11.8 Å². The molecule has 0 bridgehead atoms. The van der Waals surface area contributed by atoms with E-state index >= 15 is 0 Å². The summed E-state index contributed by atoms with van der Waals surface area (Å²) in [6.07, 6.45) is 3.37. The van der Waals surface area contributed by atoms with Crippen LogP contribution in [0.15, 0.2) is 48.8 Å². The number of ether oxygens (including phenoxy) is 3. The Hall–Kier alpha value is -3.72. The zero-order chi connectivity index (χ0) is 20.9. The van der Waals surface area contributed by atoms with Crippen molar-refractivity contribution in [2.75, 3.05) is 33.2 Å². The second-order valence-electron chi connectivity index (χ2n) is 6.53. The highest BCUT2D eigenvalue weighted by Gasteiger charge is 2.19. The van der Waals surface area contributed by atoms with Crippen LogP contribution < -0.4 is 15.2 Å². The molecular weight excluding hydrogens is 384 g/mol. The third-order valence-corrected chi connectivity index (χ3v) is 4.51. The van der Waals surface area contributed by atoms with E-state index in [9.17, 15) is 0 Å². The van der Waals surface area contributed by atoms with Crippen molar-refractivity contribution < 1.29 is 14.2 Å². The minimum Gasteiger partial charge on any atom is -0.495 e. The second kappa shape index (κ2) is 8.75. The fourth-order valence-corrected chi connectivity index (χ4v) is 3.07. The largest absolute Gasteiger partial charge is 0.495 e. The lowest BCUT2D eigenvalue weighted by Crippen LogP contribution is -2.09. The second-order valence-corrected chi connectivity index (χ2v) is 6.53. The number of nitrogens with two attached hydrogens (primary N) is 1. The molecule has 3 aromatic heterocycles. The SMILES string of the molecule is COCCOc1nc(N)c2nc(-c3cncc(OC)c3)n(Cc3ccccc3)c2n1. The van der Waals surface area contributed by atoms with Crippen molar-refractivity contribution in [3.8, 4) is 23.1 Å². The van der Waals surface area contributed by atoms with Gasteiger partial charge in [-0.3, -0.25) is 4.98 Å². The molecule has 0 unspecified atom stereocenters. The smallest absolute Gasteiger partial charge is 0.320 e. The Morgan fingerprint density at radius 1 is 1.00 bits per heavy atom. The van der Waals surface area contributed by atoms with Crippen molar-refractivity contribution in [1.29, 1.82) is 0 Å². The molecule has 0 atom stereocenters. The van der Waals surface area contributed by atoms with E-state index < -0.39 is 0 Å². The number of nitrogens with zero attached hydrogens (tertiary/aromatic N) is 5. The summed E-state index contributed by atoms with van der Waals surface area (Å²) in [7, 11) is 3.20. The number of rotatable bonds is 8. The number of hydrogen-bond donors (Lipinski definition) is 1. The highest BCUT2D eigenvalue weighted by Crippen LogP contribution is 2.29. The van der Waals surface area contributed by atoms with Crippen LogP contribution >= 0.6 is 0 Å². The summed E-state index contributed by atoms with van der Waals surface area (Å²) < 4.78 is 17.9. The number of benzene rings is 1. The van der Waals surface area contributed by atoms with Gasteiger partial charge in [0.15, 0.2) is 17.0 Å². The summed E-state index contributed by atoms with van der Waals surface area (Å²) in [6.45, 7) is 1.28. The Kier molecular flexibility index (Phi) is 5.71. The van der Waals surface area contributed by atoms with Gasteiger partial charge in [0.05, 0.1) is 26.5 Å². The van der Waals surface area contributed by atoms with Crippen molar-refractivity contribution >= 4 is 17.0 Å². The average molecular weight is 406 g/mol. The number of hydrogen-bond acceptors (Lipinski definition) is 8. The summed E-state index contributed by atoms with van der Waals surface area (Å²) >= 11 is 0. The van der Waals surface area contributed by atoms with Gasteiger partial charge in [0.25, 0.3) is 0 Å². The minimum absolute atomic E-state index is 0.182. The van der Waals surface area contributed by atoms with E-state index in [4.69, 9.17) is 24.9 Å². The van der Waals surface area contributed by atoms with Crippen LogP contribution in [-0.4, -0.2) is 51.9 Å². The predicted octanol–water partition coefficient (Wildman–Crippen LogP) is 2.55. The van der Waals surface area contributed by atoms with Crippen LogP contribution in [0, 0.1) is 0 Å². The summed E-state index contributed by atoms with van der Waals surface area (Å²) in [5.74, 6) is 1.54. The first-order chi connectivity index (χ1) is 14.7. The first-order valence-electron chi connectivity index (χ1n) is 9.38. The van der Waals surface area contributed by atoms with E-state index in [1.54, 1.807) is 26.6 Å². The topological polar surface area (TPSA) is 110 Å². The fourth-order valence-electron chi connectivity index (χ4n) is 3.07. The lowest BCUT2D eigenvalue weighted by Gasteiger charge is -2.10. The summed E-state index contributed by atoms with van der Waals surface area (Å²) in [5.41, 5.74) is 9.15. The monoisotopic (exact) mass is 406 g/mol. The zero-order valence-corrected chi connectivity index (χ0v) is 16.8. The quantitative estimate of drug-likeness (QED) is 0.445. The average Bonchev–Trinajstić information content (AvgIpc) is 3.14. The first kappa shape index (κ1) is 19.6. The highest BCUT2D eigenvalue weighted by molar-refractivity contribution is 5.86. The molecule has 154 valence electrons. The highest BCUT2D eigenvalue weighted by atomic mass is 16.5. The van der Waals surface area contributed by atoms with Crippen LogP contribution in [0.5, 0.6) is 11.8 Å². The maximum absolute atomic E-state index is 6.19. The predicted molar refractivity (Wildman–Crippen MR) is 112 cm³/mol. The van der Waals surface area contributed by atoms with Gasteiger partial charge >= 0.3 is 6.01 Å². The normalized spacial score (nSPS) is 11.0. The molecule has 4 rings (SSSR count). The van der Waals surface area contributed by atoms with Crippen LogP contribution in [0.25, 0.3) is 22.6 Å².